The number of nitrogens with one attached hydrogen (secondary N) is 3. The fourth-order valence-corrected chi connectivity index (χ4v) is 3.67. The van der Waals surface area contributed by atoms with Gasteiger partial charge in [0.1, 0.15) is 11.6 Å². The summed E-state index contributed by atoms with van der Waals surface area (Å²) in [4.78, 5) is 31.4. The molecule has 0 saturated carbocycles. The third-order valence-electron chi connectivity index (χ3n) is 5.59. The van der Waals surface area contributed by atoms with Crippen molar-refractivity contribution in [3.63, 3.8) is 0 Å². The third kappa shape index (κ3) is 7.30. The van der Waals surface area contributed by atoms with Gasteiger partial charge in [0, 0.05) is 12.1 Å². The summed E-state index contributed by atoms with van der Waals surface area (Å²) in [5.41, 5.74) is 4.73. The SMILES string of the molecule is COc1cc(C=NNc2nc(-c3ccccc3)c(C#N)c(=O)[nH]2)ccc1OCC(=O)NCCc1ccccc1. The van der Waals surface area contributed by atoms with Crippen LogP contribution in [0.15, 0.2) is 88.8 Å². The lowest BCUT2D eigenvalue weighted by atomic mass is 10.1. The van der Waals surface area contributed by atoms with Crippen LogP contribution in [0.25, 0.3) is 11.3 Å². The number of methoxy groups -OCH3 is 1. The number of anilines is 1. The first-order chi connectivity index (χ1) is 19.1. The van der Waals surface area contributed by atoms with E-state index in [4.69, 9.17) is 9.47 Å². The van der Waals surface area contributed by atoms with Gasteiger partial charge in [-0.05, 0) is 35.7 Å². The first kappa shape index (κ1) is 26.6. The number of hydrazone groups is 1. The number of nitriles is 1. The second-order valence-corrected chi connectivity index (χ2v) is 8.27. The van der Waals surface area contributed by atoms with Gasteiger partial charge in [-0.3, -0.25) is 14.6 Å². The van der Waals surface area contributed by atoms with Crippen LogP contribution in [0.2, 0.25) is 0 Å². The molecule has 1 amide bonds. The predicted octanol–water partition coefficient (Wildman–Crippen LogP) is 3.50. The molecule has 0 unspecified atom stereocenters. The highest BCUT2D eigenvalue weighted by Crippen LogP contribution is 2.27. The number of hydrogen-bond donors (Lipinski definition) is 3. The van der Waals surface area contributed by atoms with Crippen molar-refractivity contribution >= 4 is 18.1 Å². The Morgan fingerprint density at radius 3 is 2.54 bits per heavy atom. The maximum absolute atomic E-state index is 12.4. The Balaban J connectivity index is 1.36. The van der Waals surface area contributed by atoms with Crippen LogP contribution in [-0.2, 0) is 11.2 Å². The summed E-state index contributed by atoms with van der Waals surface area (Å²) in [6.07, 6.45) is 2.24. The molecule has 0 aliphatic carbocycles. The van der Waals surface area contributed by atoms with Crippen molar-refractivity contribution < 1.29 is 14.3 Å². The number of rotatable bonds is 11. The van der Waals surface area contributed by atoms with Crippen LogP contribution >= 0.6 is 0 Å². The number of H-pyrrole nitrogens is 1. The van der Waals surface area contributed by atoms with E-state index in [1.54, 1.807) is 42.5 Å². The highest BCUT2D eigenvalue weighted by molar-refractivity contribution is 5.81. The van der Waals surface area contributed by atoms with E-state index in [1.165, 1.54) is 13.3 Å². The lowest BCUT2D eigenvalue weighted by molar-refractivity contribution is -0.123. The minimum atomic E-state index is -0.573. The quantitative estimate of drug-likeness (QED) is 0.202. The van der Waals surface area contributed by atoms with Gasteiger partial charge in [0.2, 0.25) is 5.95 Å². The second-order valence-electron chi connectivity index (χ2n) is 8.27. The summed E-state index contributed by atoms with van der Waals surface area (Å²) < 4.78 is 11.0. The van der Waals surface area contributed by atoms with Crippen molar-refractivity contribution in [2.45, 2.75) is 6.42 Å². The van der Waals surface area contributed by atoms with Crippen molar-refractivity contribution in [2.75, 3.05) is 25.7 Å². The Morgan fingerprint density at radius 1 is 1.08 bits per heavy atom. The van der Waals surface area contributed by atoms with Gasteiger partial charge in [0.25, 0.3) is 11.5 Å². The van der Waals surface area contributed by atoms with Crippen molar-refractivity contribution in [1.82, 2.24) is 15.3 Å². The van der Waals surface area contributed by atoms with Gasteiger partial charge in [-0.1, -0.05) is 60.7 Å². The lowest BCUT2D eigenvalue weighted by Crippen LogP contribution is -2.30. The van der Waals surface area contributed by atoms with Crippen molar-refractivity contribution in [2.24, 2.45) is 5.10 Å². The van der Waals surface area contributed by atoms with Crippen LogP contribution in [0, 0.1) is 11.3 Å². The minimum Gasteiger partial charge on any atom is -0.493 e. The molecule has 0 atom stereocenters. The standard InChI is InChI=1S/C29H26N6O4/c1-38-25-16-21(12-13-24(25)39-19-26(36)31-15-14-20-8-4-2-5-9-20)18-32-35-29-33-27(22-10-6-3-7-11-22)23(17-30)28(37)34-29/h2-13,16,18H,14-15,19H2,1H3,(H,31,36)(H2,33,34,35,37). The molecule has 1 heterocycles. The predicted molar refractivity (Wildman–Crippen MR) is 148 cm³/mol. The van der Waals surface area contributed by atoms with Crippen LogP contribution in [-0.4, -0.2) is 42.4 Å². The number of benzene rings is 3. The molecule has 10 nitrogen and oxygen atoms in total. The van der Waals surface area contributed by atoms with Gasteiger partial charge in [-0.2, -0.15) is 10.4 Å². The molecule has 0 radical (unpaired) electrons. The van der Waals surface area contributed by atoms with Gasteiger partial charge >= 0.3 is 0 Å². The van der Waals surface area contributed by atoms with E-state index in [1.807, 2.05) is 42.5 Å². The lowest BCUT2D eigenvalue weighted by Gasteiger charge is -2.11. The highest BCUT2D eigenvalue weighted by Gasteiger charge is 2.13. The average Bonchev–Trinajstić information content (AvgIpc) is 2.97. The Bertz CT molecular complexity index is 1550. The van der Waals surface area contributed by atoms with E-state index >= 15 is 0 Å². The summed E-state index contributed by atoms with van der Waals surface area (Å²) >= 11 is 0. The molecule has 0 bridgehead atoms. The second kappa shape index (κ2) is 13.2. The molecule has 10 heteroatoms. The number of aromatic nitrogens is 2. The average molecular weight is 523 g/mol. The molecule has 1 aromatic heterocycles. The Labute approximate surface area is 225 Å². The van der Waals surface area contributed by atoms with E-state index in [9.17, 15) is 14.9 Å². The zero-order valence-corrected chi connectivity index (χ0v) is 21.2. The smallest absolute Gasteiger partial charge is 0.270 e. The van der Waals surface area contributed by atoms with Crippen LogP contribution in [0.1, 0.15) is 16.7 Å². The molecule has 196 valence electrons. The Kier molecular flexibility index (Phi) is 9.02. The summed E-state index contributed by atoms with van der Waals surface area (Å²) in [5, 5.41) is 16.4. The van der Waals surface area contributed by atoms with Crippen LogP contribution in [0.3, 0.4) is 0 Å². The molecule has 0 spiro atoms. The summed E-state index contributed by atoms with van der Waals surface area (Å²) in [6.45, 7) is 0.361. The van der Waals surface area contributed by atoms with E-state index in [2.05, 4.69) is 25.8 Å². The molecule has 3 N–H and O–H groups in total. The maximum atomic E-state index is 12.4. The Morgan fingerprint density at radius 2 is 1.82 bits per heavy atom. The van der Waals surface area contributed by atoms with Crippen molar-refractivity contribution in [3.05, 3.63) is 106 Å². The third-order valence-corrected chi connectivity index (χ3v) is 5.59. The van der Waals surface area contributed by atoms with Gasteiger partial charge < -0.3 is 14.8 Å². The fourth-order valence-electron chi connectivity index (χ4n) is 3.67. The van der Waals surface area contributed by atoms with Crippen molar-refractivity contribution in [3.8, 4) is 28.8 Å². The van der Waals surface area contributed by atoms with Gasteiger partial charge in [0.05, 0.1) is 19.0 Å². The Hall–Kier alpha value is -5.43. The first-order valence-electron chi connectivity index (χ1n) is 12.1. The van der Waals surface area contributed by atoms with E-state index < -0.39 is 5.56 Å². The molecule has 39 heavy (non-hydrogen) atoms. The molecule has 4 aromatic rings. The molecule has 4 rings (SSSR count). The topological polar surface area (TPSA) is 141 Å². The number of carbonyl (C=O) groups excluding carboxylic acids is 1. The van der Waals surface area contributed by atoms with Crippen LogP contribution in [0.5, 0.6) is 11.5 Å². The maximum Gasteiger partial charge on any atom is 0.270 e. The van der Waals surface area contributed by atoms with Gasteiger partial charge in [-0.15, -0.1) is 0 Å². The van der Waals surface area contributed by atoms with E-state index in [0.717, 1.165) is 12.0 Å². The van der Waals surface area contributed by atoms with Crippen LogP contribution < -0.4 is 25.8 Å². The first-order valence-corrected chi connectivity index (χ1v) is 12.1. The fraction of sp³-hybridized carbons (Fsp3) is 0.138. The van der Waals surface area contributed by atoms with Gasteiger partial charge in [-0.25, -0.2) is 10.4 Å². The molecule has 0 saturated heterocycles. The molecule has 0 fully saturated rings. The minimum absolute atomic E-state index is 0.0825. The summed E-state index contributed by atoms with van der Waals surface area (Å²) in [7, 11) is 1.50. The van der Waals surface area contributed by atoms with E-state index in [0.29, 0.717) is 29.2 Å². The zero-order valence-electron chi connectivity index (χ0n) is 21.2. The summed E-state index contributed by atoms with van der Waals surface area (Å²) in [5.74, 6) is 0.680. The summed E-state index contributed by atoms with van der Waals surface area (Å²) in [6, 6.07) is 25.8. The van der Waals surface area contributed by atoms with E-state index in [-0.39, 0.29) is 29.7 Å². The number of ether oxygens (including phenoxy) is 2. The largest absolute Gasteiger partial charge is 0.493 e. The van der Waals surface area contributed by atoms with Crippen LogP contribution in [0.4, 0.5) is 5.95 Å². The number of hydrogen-bond acceptors (Lipinski definition) is 8. The molecular weight excluding hydrogens is 496 g/mol. The van der Waals surface area contributed by atoms with Gasteiger partial charge in [0.15, 0.2) is 18.1 Å². The number of amides is 1. The molecular formula is C29H26N6O4. The molecule has 0 aliphatic rings. The number of carbonyl (C=O) groups is 1. The number of aromatic amines is 1. The highest BCUT2D eigenvalue weighted by atomic mass is 16.5. The number of nitrogens with zero attached hydrogens (tertiary/aromatic N) is 3. The monoisotopic (exact) mass is 522 g/mol. The zero-order chi connectivity index (χ0) is 27.5. The normalized spacial score (nSPS) is 10.6. The molecule has 3 aromatic carbocycles. The van der Waals surface area contributed by atoms with Crippen molar-refractivity contribution in [1.29, 1.82) is 5.26 Å². The molecule has 0 aliphatic heterocycles.